The monoisotopic (exact) mass is 291 g/mol. The SMILES string of the molecule is Cc1c(C(=O)O)cccc1S(=O)(=O)Nc1ccccc1. The van der Waals surface area contributed by atoms with Crippen LogP contribution in [0.25, 0.3) is 0 Å². The molecular weight excluding hydrogens is 278 g/mol. The predicted molar refractivity (Wildman–Crippen MR) is 75.4 cm³/mol. The third-order valence-corrected chi connectivity index (χ3v) is 4.36. The molecule has 2 aromatic rings. The summed E-state index contributed by atoms with van der Waals surface area (Å²) < 4.78 is 27.0. The Kier molecular flexibility index (Phi) is 3.76. The molecule has 0 unspecified atom stereocenters. The Hall–Kier alpha value is -2.34. The second-order valence-corrected chi connectivity index (χ2v) is 5.86. The molecule has 0 saturated heterocycles. The minimum absolute atomic E-state index is 0.0269. The molecule has 0 aliphatic carbocycles. The van der Waals surface area contributed by atoms with Gasteiger partial charge in [-0.2, -0.15) is 0 Å². The third-order valence-electron chi connectivity index (χ3n) is 2.83. The largest absolute Gasteiger partial charge is 0.478 e. The number of hydrogen-bond donors (Lipinski definition) is 2. The van der Waals surface area contributed by atoms with Crippen molar-refractivity contribution < 1.29 is 18.3 Å². The Bertz CT molecular complexity index is 739. The van der Waals surface area contributed by atoms with Crippen molar-refractivity contribution in [1.29, 1.82) is 0 Å². The van der Waals surface area contributed by atoms with Crippen LogP contribution in [0.2, 0.25) is 0 Å². The van der Waals surface area contributed by atoms with Gasteiger partial charge in [0.05, 0.1) is 10.5 Å². The van der Waals surface area contributed by atoms with E-state index < -0.39 is 16.0 Å². The summed E-state index contributed by atoms with van der Waals surface area (Å²) in [5, 5.41) is 9.03. The highest BCUT2D eigenvalue weighted by molar-refractivity contribution is 7.92. The van der Waals surface area contributed by atoms with Crippen LogP contribution in [0.5, 0.6) is 0 Å². The average molecular weight is 291 g/mol. The molecule has 0 bridgehead atoms. The molecule has 0 atom stereocenters. The van der Waals surface area contributed by atoms with E-state index in [1.165, 1.54) is 25.1 Å². The number of benzene rings is 2. The molecule has 0 fully saturated rings. The van der Waals surface area contributed by atoms with Crippen LogP contribution in [0.15, 0.2) is 53.4 Å². The lowest BCUT2D eigenvalue weighted by molar-refractivity contribution is 0.0696. The van der Waals surface area contributed by atoms with Crippen LogP contribution in [-0.4, -0.2) is 19.5 Å². The molecule has 0 aromatic heterocycles. The van der Waals surface area contributed by atoms with Crippen LogP contribution in [-0.2, 0) is 10.0 Å². The molecule has 0 amide bonds. The Morgan fingerprint density at radius 3 is 2.30 bits per heavy atom. The van der Waals surface area contributed by atoms with E-state index in [-0.39, 0.29) is 16.0 Å². The van der Waals surface area contributed by atoms with E-state index in [9.17, 15) is 13.2 Å². The lowest BCUT2D eigenvalue weighted by Gasteiger charge is -2.11. The zero-order valence-electron chi connectivity index (χ0n) is 10.7. The molecular formula is C14H13NO4S. The van der Waals surface area contributed by atoms with Gasteiger partial charge in [-0.05, 0) is 36.8 Å². The number of sulfonamides is 1. The number of para-hydroxylation sites is 1. The fraction of sp³-hybridized carbons (Fsp3) is 0.0714. The molecule has 0 heterocycles. The Labute approximate surface area is 116 Å². The Morgan fingerprint density at radius 1 is 1.05 bits per heavy atom. The maximum Gasteiger partial charge on any atom is 0.335 e. The minimum atomic E-state index is -3.81. The van der Waals surface area contributed by atoms with Crippen molar-refractivity contribution in [3.05, 3.63) is 59.7 Å². The first-order valence-corrected chi connectivity index (χ1v) is 7.31. The summed E-state index contributed by atoms with van der Waals surface area (Å²) in [6, 6.07) is 12.6. The number of aromatic carboxylic acids is 1. The number of hydrogen-bond acceptors (Lipinski definition) is 3. The number of carbonyl (C=O) groups is 1. The number of nitrogens with one attached hydrogen (secondary N) is 1. The minimum Gasteiger partial charge on any atom is -0.478 e. The number of rotatable bonds is 4. The highest BCUT2D eigenvalue weighted by Gasteiger charge is 2.20. The van der Waals surface area contributed by atoms with Crippen LogP contribution in [0.4, 0.5) is 5.69 Å². The van der Waals surface area contributed by atoms with E-state index in [0.717, 1.165) is 0 Å². The fourth-order valence-corrected chi connectivity index (χ4v) is 3.18. The van der Waals surface area contributed by atoms with E-state index in [1.54, 1.807) is 30.3 Å². The molecule has 0 radical (unpaired) electrons. The van der Waals surface area contributed by atoms with Crippen molar-refractivity contribution >= 4 is 21.7 Å². The van der Waals surface area contributed by atoms with Crippen molar-refractivity contribution in [1.82, 2.24) is 0 Å². The summed E-state index contributed by atoms with van der Waals surface area (Å²) in [5.41, 5.74) is 0.608. The summed E-state index contributed by atoms with van der Waals surface area (Å²) in [6.07, 6.45) is 0. The molecule has 0 aliphatic rings. The number of carboxylic acids is 1. The van der Waals surface area contributed by atoms with Gasteiger partial charge in [0, 0.05) is 5.69 Å². The summed E-state index contributed by atoms with van der Waals surface area (Å²) in [7, 11) is -3.81. The van der Waals surface area contributed by atoms with E-state index in [1.807, 2.05) is 0 Å². The first-order valence-electron chi connectivity index (χ1n) is 5.82. The Morgan fingerprint density at radius 2 is 1.70 bits per heavy atom. The van der Waals surface area contributed by atoms with Gasteiger partial charge in [0.1, 0.15) is 0 Å². The molecule has 0 aliphatic heterocycles. The summed E-state index contributed by atoms with van der Waals surface area (Å²) in [4.78, 5) is 11.0. The lowest BCUT2D eigenvalue weighted by Crippen LogP contribution is -2.15. The summed E-state index contributed by atoms with van der Waals surface area (Å²) >= 11 is 0. The lowest BCUT2D eigenvalue weighted by atomic mass is 10.1. The number of carboxylic acid groups (broad SMARTS) is 1. The van der Waals surface area contributed by atoms with Gasteiger partial charge in [0.2, 0.25) is 0 Å². The van der Waals surface area contributed by atoms with E-state index in [2.05, 4.69) is 4.72 Å². The summed E-state index contributed by atoms with van der Waals surface area (Å²) in [6.45, 7) is 1.48. The molecule has 20 heavy (non-hydrogen) atoms. The maximum absolute atomic E-state index is 12.3. The molecule has 2 N–H and O–H groups in total. The molecule has 0 spiro atoms. The van der Waals surface area contributed by atoms with Crippen LogP contribution in [0.1, 0.15) is 15.9 Å². The van der Waals surface area contributed by atoms with E-state index >= 15 is 0 Å². The van der Waals surface area contributed by atoms with Crippen LogP contribution < -0.4 is 4.72 Å². The van der Waals surface area contributed by atoms with Crippen molar-refractivity contribution in [2.45, 2.75) is 11.8 Å². The molecule has 2 rings (SSSR count). The van der Waals surface area contributed by atoms with Gasteiger partial charge in [-0.1, -0.05) is 24.3 Å². The van der Waals surface area contributed by atoms with Gasteiger partial charge >= 0.3 is 5.97 Å². The second-order valence-electron chi connectivity index (χ2n) is 4.21. The zero-order valence-corrected chi connectivity index (χ0v) is 11.5. The molecule has 0 saturated carbocycles. The maximum atomic E-state index is 12.3. The normalized spacial score (nSPS) is 11.1. The van der Waals surface area contributed by atoms with E-state index in [0.29, 0.717) is 5.69 Å². The van der Waals surface area contributed by atoms with Gasteiger partial charge < -0.3 is 5.11 Å². The van der Waals surface area contributed by atoms with Gasteiger partial charge in [-0.15, -0.1) is 0 Å². The van der Waals surface area contributed by atoms with Gasteiger partial charge in [0.25, 0.3) is 10.0 Å². The topological polar surface area (TPSA) is 83.5 Å². The highest BCUT2D eigenvalue weighted by atomic mass is 32.2. The molecule has 2 aromatic carbocycles. The smallest absolute Gasteiger partial charge is 0.335 e. The molecule has 6 heteroatoms. The van der Waals surface area contributed by atoms with E-state index in [4.69, 9.17) is 5.11 Å². The van der Waals surface area contributed by atoms with Crippen molar-refractivity contribution in [2.75, 3.05) is 4.72 Å². The molecule has 104 valence electrons. The zero-order chi connectivity index (χ0) is 14.8. The first-order chi connectivity index (χ1) is 9.42. The standard InChI is InChI=1S/C14H13NO4S/c1-10-12(14(16)17)8-5-9-13(10)20(18,19)15-11-6-3-2-4-7-11/h2-9,15H,1H3,(H,16,17). The Balaban J connectivity index is 2.45. The van der Waals surface area contributed by atoms with Gasteiger partial charge in [-0.3, -0.25) is 4.72 Å². The fourth-order valence-electron chi connectivity index (χ4n) is 1.85. The predicted octanol–water partition coefficient (Wildman–Crippen LogP) is 2.49. The van der Waals surface area contributed by atoms with Crippen molar-refractivity contribution in [3.63, 3.8) is 0 Å². The second kappa shape index (κ2) is 5.34. The third kappa shape index (κ3) is 2.80. The van der Waals surface area contributed by atoms with Crippen molar-refractivity contribution in [3.8, 4) is 0 Å². The summed E-state index contributed by atoms with van der Waals surface area (Å²) in [5.74, 6) is -1.15. The van der Waals surface area contributed by atoms with Gasteiger partial charge in [0.15, 0.2) is 0 Å². The van der Waals surface area contributed by atoms with Crippen LogP contribution in [0, 0.1) is 6.92 Å². The number of anilines is 1. The highest BCUT2D eigenvalue weighted by Crippen LogP contribution is 2.21. The van der Waals surface area contributed by atoms with Crippen LogP contribution >= 0.6 is 0 Å². The van der Waals surface area contributed by atoms with Crippen molar-refractivity contribution in [2.24, 2.45) is 0 Å². The quantitative estimate of drug-likeness (QED) is 0.906. The van der Waals surface area contributed by atoms with Crippen LogP contribution in [0.3, 0.4) is 0 Å². The molecule has 5 nitrogen and oxygen atoms in total. The average Bonchev–Trinajstić information content (AvgIpc) is 2.39. The first kappa shape index (κ1) is 14.1. The van der Waals surface area contributed by atoms with Gasteiger partial charge in [-0.25, -0.2) is 13.2 Å².